The number of alkyl halides is 6. The van der Waals surface area contributed by atoms with Crippen LogP contribution in [0.25, 0.3) is 11.1 Å². The van der Waals surface area contributed by atoms with Crippen LogP contribution in [0.1, 0.15) is 123 Å². The van der Waals surface area contributed by atoms with E-state index in [1.165, 1.54) is 34.2 Å². The van der Waals surface area contributed by atoms with Crippen molar-refractivity contribution in [3.63, 3.8) is 0 Å². The van der Waals surface area contributed by atoms with Gasteiger partial charge in [-0.25, -0.2) is 0 Å². The highest BCUT2D eigenvalue weighted by Crippen LogP contribution is 2.49. The molecule has 0 atom stereocenters. The second-order valence-corrected chi connectivity index (χ2v) is 15.1. The lowest BCUT2D eigenvalue weighted by molar-refractivity contribution is -0.327. The van der Waals surface area contributed by atoms with Crippen molar-refractivity contribution < 1.29 is 31.1 Å². The zero-order chi connectivity index (χ0) is 35.9. The van der Waals surface area contributed by atoms with Gasteiger partial charge in [-0.2, -0.15) is 26.3 Å². The molecule has 0 unspecified atom stereocenters. The Morgan fingerprint density at radius 1 is 0.565 bits per heavy atom. The van der Waals surface area contributed by atoms with Gasteiger partial charge in [-0.05, 0) is 52.5 Å². The van der Waals surface area contributed by atoms with Crippen molar-refractivity contribution in [2.75, 3.05) is 0 Å². The molecule has 0 fully saturated rings. The fourth-order valence-corrected chi connectivity index (χ4v) is 4.74. The van der Waals surface area contributed by atoms with Crippen LogP contribution in [0.3, 0.4) is 0 Å². The zero-order valence-electron chi connectivity index (χ0n) is 29.5. The minimum absolute atomic E-state index is 0.0493. The Morgan fingerprint density at radius 3 is 1.13 bits per heavy atom. The molecule has 0 aliphatic heterocycles. The number of carbonyl (C=O) groups is 1. The SMILES string of the molecule is CC(C)(C(F)(F)F)C(F)(F)F.CC(C)(C)C.CC1(C)CC(=O)c2ccccc21.CC1(C)c2ccccc2-c2ccccc21.CCC. The summed E-state index contributed by atoms with van der Waals surface area (Å²) in [6, 6.07) is 25.4. The molecule has 7 heteroatoms. The molecule has 0 bridgehead atoms. The van der Waals surface area contributed by atoms with Gasteiger partial charge >= 0.3 is 12.4 Å². The van der Waals surface area contributed by atoms with Crippen molar-refractivity contribution >= 4 is 5.78 Å². The van der Waals surface area contributed by atoms with E-state index in [4.69, 9.17) is 0 Å². The van der Waals surface area contributed by atoms with E-state index < -0.39 is 17.8 Å². The highest BCUT2D eigenvalue weighted by Gasteiger charge is 2.64. The van der Waals surface area contributed by atoms with Gasteiger partial charge < -0.3 is 0 Å². The maximum Gasteiger partial charge on any atom is 0.402 e. The number of Topliss-reactive ketones (excluding diaryl/α,β-unsaturated/α-hetero) is 1. The molecule has 2 aliphatic carbocycles. The third-order valence-electron chi connectivity index (χ3n) is 7.47. The van der Waals surface area contributed by atoms with Crippen LogP contribution in [0.2, 0.25) is 0 Å². The van der Waals surface area contributed by atoms with E-state index in [2.05, 4.69) is 124 Å². The van der Waals surface area contributed by atoms with Gasteiger partial charge in [0.2, 0.25) is 0 Å². The number of hydrogen-bond donors (Lipinski definition) is 0. The summed E-state index contributed by atoms with van der Waals surface area (Å²) in [6.45, 7) is 22.1. The predicted molar refractivity (Wildman–Crippen MR) is 179 cm³/mol. The van der Waals surface area contributed by atoms with Crippen molar-refractivity contribution in [1.29, 1.82) is 0 Å². The minimum Gasteiger partial charge on any atom is -0.294 e. The molecule has 0 heterocycles. The Morgan fingerprint density at radius 2 is 0.848 bits per heavy atom. The largest absolute Gasteiger partial charge is 0.402 e. The first kappa shape index (κ1) is 40.9. The van der Waals surface area contributed by atoms with Crippen LogP contribution < -0.4 is 0 Å². The van der Waals surface area contributed by atoms with Gasteiger partial charge in [0.15, 0.2) is 11.2 Å². The van der Waals surface area contributed by atoms with Crippen LogP contribution in [0, 0.1) is 10.8 Å². The lowest BCUT2D eigenvalue weighted by Crippen LogP contribution is -2.44. The van der Waals surface area contributed by atoms with E-state index in [0.29, 0.717) is 11.8 Å². The van der Waals surface area contributed by atoms with E-state index in [-0.39, 0.29) is 30.5 Å². The summed E-state index contributed by atoms with van der Waals surface area (Å²) >= 11 is 0. The molecule has 0 saturated heterocycles. The fraction of sp³-hybridized carbons (Fsp3) is 0.513. The summed E-state index contributed by atoms with van der Waals surface area (Å²) in [5.41, 5.74) is 4.91. The highest BCUT2D eigenvalue weighted by molar-refractivity contribution is 6.02. The molecular weight excluding hydrogens is 598 g/mol. The number of rotatable bonds is 0. The Hall–Kier alpha value is -3.09. The molecule has 46 heavy (non-hydrogen) atoms. The van der Waals surface area contributed by atoms with E-state index in [9.17, 15) is 31.1 Å². The molecule has 0 aromatic heterocycles. The number of hydrogen-bond acceptors (Lipinski definition) is 1. The smallest absolute Gasteiger partial charge is 0.294 e. The molecule has 0 amide bonds. The van der Waals surface area contributed by atoms with E-state index >= 15 is 0 Å². The van der Waals surface area contributed by atoms with Crippen molar-refractivity contribution in [3.8, 4) is 11.1 Å². The second kappa shape index (κ2) is 15.2. The monoisotopic (exact) mass is 650 g/mol. The molecule has 0 spiro atoms. The summed E-state index contributed by atoms with van der Waals surface area (Å²) in [5.74, 6) is 0.288. The van der Waals surface area contributed by atoms with Gasteiger partial charge in [0.25, 0.3) is 0 Å². The van der Waals surface area contributed by atoms with Crippen LogP contribution >= 0.6 is 0 Å². The quantitative estimate of drug-likeness (QED) is 0.221. The fourth-order valence-electron chi connectivity index (χ4n) is 4.74. The highest BCUT2D eigenvalue weighted by atomic mass is 19.4. The molecule has 2 aliphatic rings. The molecule has 256 valence electrons. The first-order valence-corrected chi connectivity index (χ1v) is 15.7. The summed E-state index contributed by atoms with van der Waals surface area (Å²) < 4.78 is 69.7. The third kappa shape index (κ3) is 10.5. The van der Waals surface area contributed by atoms with Crippen LogP contribution in [-0.4, -0.2) is 18.1 Å². The van der Waals surface area contributed by atoms with Crippen LogP contribution in [0.15, 0.2) is 72.8 Å². The van der Waals surface area contributed by atoms with Gasteiger partial charge in [-0.15, -0.1) is 0 Å². The Kier molecular flexibility index (Phi) is 13.5. The van der Waals surface area contributed by atoms with Crippen LogP contribution in [0.5, 0.6) is 0 Å². The van der Waals surface area contributed by atoms with Crippen LogP contribution in [0.4, 0.5) is 26.3 Å². The minimum atomic E-state index is -5.24. The first-order valence-electron chi connectivity index (χ1n) is 15.7. The lowest BCUT2D eigenvalue weighted by Gasteiger charge is -2.29. The van der Waals surface area contributed by atoms with E-state index in [1.807, 2.05) is 18.2 Å². The van der Waals surface area contributed by atoms with Crippen molar-refractivity contribution in [1.82, 2.24) is 0 Å². The van der Waals surface area contributed by atoms with Gasteiger partial charge in [0, 0.05) is 17.4 Å². The van der Waals surface area contributed by atoms with Gasteiger partial charge in [0.05, 0.1) is 0 Å². The number of halogens is 6. The van der Waals surface area contributed by atoms with Crippen molar-refractivity contribution in [2.24, 2.45) is 10.8 Å². The topological polar surface area (TPSA) is 17.1 Å². The standard InChI is InChI=1S/C15H14.C11H12O.C5H6F6.C5H12.C3H8/c1-15(2)13-9-5-3-7-11(13)12-8-4-6-10-14(12)15;1-11(2)7-10(12)8-5-3-4-6-9(8)11;1-3(2,4(6,7)8)5(9,10)11;1-5(2,3)4;1-3-2/h3-10H,1-2H3;3-6H,7H2,1-2H3;1-2H3;1-4H3;3H2,1-2H3. The zero-order valence-corrected chi connectivity index (χ0v) is 29.5. The maximum atomic E-state index is 11.6. The molecule has 3 aromatic rings. The normalized spacial score (nSPS) is 15.6. The lowest BCUT2D eigenvalue weighted by atomic mass is 9.82. The van der Waals surface area contributed by atoms with Gasteiger partial charge in [-0.3, -0.25) is 4.79 Å². The summed E-state index contributed by atoms with van der Waals surface area (Å²) in [5, 5.41) is 0. The number of ketones is 1. The molecule has 0 N–H and O–H groups in total. The molecule has 3 aromatic carbocycles. The average Bonchev–Trinajstić information content (AvgIpc) is 3.29. The Balaban J connectivity index is 0.000000313. The molecule has 0 radical (unpaired) electrons. The average molecular weight is 651 g/mol. The van der Waals surface area contributed by atoms with Crippen molar-refractivity contribution in [2.45, 2.75) is 119 Å². The van der Waals surface area contributed by atoms with Gasteiger partial charge in [-0.1, -0.05) is 148 Å². The number of carbonyl (C=O) groups excluding carboxylic acids is 1. The summed E-state index contributed by atoms with van der Waals surface area (Å²) in [6.07, 6.45) is -8.58. The Bertz CT molecular complexity index is 1350. The third-order valence-corrected chi connectivity index (χ3v) is 7.47. The van der Waals surface area contributed by atoms with Gasteiger partial charge in [0.1, 0.15) is 0 Å². The van der Waals surface area contributed by atoms with Crippen molar-refractivity contribution in [3.05, 3.63) is 95.1 Å². The van der Waals surface area contributed by atoms with E-state index in [1.54, 1.807) is 0 Å². The number of fused-ring (bicyclic) bond motifs is 4. The molecular formula is C39H52F6O. The Labute approximate surface area is 272 Å². The molecule has 1 nitrogen and oxygen atoms in total. The summed E-state index contributed by atoms with van der Waals surface area (Å²) in [4.78, 5) is 11.5. The first-order chi connectivity index (χ1) is 20.7. The number of benzene rings is 3. The maximum absolute atomic E-state index is 11.6. The molecule has 5 rings (SSSR count). The summed E-state index contributed by atoms with van der Waals surface area (Å²) in [7, 11) is 0. The second-order valence-electron chi connectivity index (χ2n) is 15.1. The molecule has 0 saturated carbocycles. The van der Waals surface area contributed by atoms with Crippen LogP contribution in [-0.2, 0) is 10.8 Å². The predicted octanol–water partition coefficient (Wildman–Crippen LogP) is 13.1. The van der Waals surface area contributed by atoms with E-state index in [0.717, 1.165) is 5.56 Å².